The van der Waals surface area contributed by atoms with Gasteiger partial charge in [-0.2, -0.15) is 0 Å². The van der Waals surface area contributed by atoms with Crippen molar-refractivity contribution < 1.29 is 19.3 Å². The van der Waals surface area contributed by atoms with E-state index in [-0.39, 0.29) is 12.6 Å². The molecule has 0 aliphatic carbocycles. The van der Waals surface area contributed by atoms with Gasteiger partial charge in [0.15, 0.2) is 5.79 Å². The van der Waals surface area contributed by atoms with E-state index < -0.39 is 5.79 Å². The van der Waals surface area contributed by atoms with Gasteiger partial charge in [-0.15, -0.1) is 0 Å². The molecule has 5 nitrogen and oxygen atoms in total. The zero-order valence-corrected chi connectivity index (χ0v) is 12.3. The summed E-state index contributed by atoms with van der Waals surface area (Å²) in [4.78, 5) is 0. The number of aliphatic hydroxyl groups excluding tert-OH is 1. The van der Waals surface area contributed by atoms with Gasteiger partial charge in [0.05, 0.1) is 32.5 Å². The first kappa shape index (κ1) is 15.1. The first-order valence-electron chi connectivity index (χ1n) is 6.95. The molecule has 20 heavy (non-hydrogen) atoms. The SMILES string of the molecule is CCOc1ccc(NC2COC(C)(C)OC2)cc1CO. The molecule has 1 aromatic carbocycles. The lowest BCUT2D eigenvalue weighted by Crippen LogP contribution is -2.45. The van der Waals surface area contributed by atoms with Gasteiger partial charge in [-0.05, 0) is 39.0 Å². The van der Waals surface area contributed by atoms with Crippen LogP contribution in [0.4, 0.5) is 5.69 Å². The van der Waals surface area contributed by atoms with E-state index in [4.69, 9.17) is 14.2 Å². The van der Waals surface area contributed by atoms with Crippen molar-refractivity contribution in [2.24, 2.45) is 0 Å². The van der Waals surface area contributed by atoms with Crippen molar-refractivity contribution in [3.63, 3.8) is 0 Å². The fourth-order valence-corrected chi connectivity index (χ4v) is 2.10. The molecular formula is C15H23NO4. The van der Waals surface area contributed by atoms with Crippen LogP contribution in [0.1, 0.15) is 26.3 Å². The molecule has 1 fully saturated rings. The Morgan fingerprint density at radius 2 is 2.05 bits per heavy atom. The summed E-state index contributed by atoms with van der Waals surface area (Å²) in [7, 11) is 0. The Labute approximate surface area is 119 Å². The lowest BCUT2D eigenvalue weighted by Gasteiger charge is -2.35. The third-order valence-corrected chi connectivity index (χ3v) is 3.17. The van der Waals surface area contributed by atoms with Gasteiger partial charge in [0.25, 0.3) is 0 Å². The Balaban J connectivity index is 1.99. The fraction of sp³-hybridized carbons (Fsp3) is 0.600. The third-order valence-electron chi connectivity index (χ3n) is 3.17. The third kappa shape index (κ3) is 3.85. The minimum absolute atomic E-state index is 0.0461. The molecule has 0 amide bonds. The second-order valence-corrected chi connectivity index (χ2v) is 5.28. The van der Waals surface area contributed by atoms with Crippen molar-refractivity contribution in [1.29, 1.82) is 0 Å². The Hall–Kier alpha value is -1.30. The Bertz CT molecular complexity index is 437. The lowest BCUT2D eigenvalue weighted by atomic mass is 10.1. The average molecular weight is 281 g/mol. The standard InChI is InChI=1S/C15H23NO4/c1-4-18-14-6-5-12(7-11(14)8-17)16-13-9-19-15(2,3)20-10-13/h5-7,13,16-17H,4,8-10H2,1-3H3. The van der Waals surface area contributed by atoms with Crippen LogP contribution >= 0.6 is 0 Å². The highest BCUT2D eigenvalue weighted by Gasteiger charge is 2.28. The summed E-state index contributed by atoms with van der Waals surface area (Å²) in [6.45, 7) is 7.46. The summed E-state index contributed by atoms with van der Waals surface area (Å²) < 4.78 is 16.7. The number of nitrogens with one attached hydrogen (secondary N) is 1. The summed E-state index contributed by atoms with van der Waals surface area (Å²) >= 11 is 0. The molecule has 1 aliphatic heterocycles. The van der Waals surface area contributed by atoms with E-state index in [1.54, 1.807) is 0 Å². The van der Waals surface area contributed by atoms with Crippen LogP contribution in [0.15, 0.2) is 18.2 Å². The lowest BCUT2D eigenvalue weighted by molar-refractivity contribution is -0.247. The molecule has 0 unspecified atom stereocenters. The molecule has 2 N–H and O–H groups in total. The summed E-state index contributed by atoms with van der Waals surface area (Å²) in [5.74, 6) is 0.214. The molecule has 5 heteroatoms. The van der Waals surface area contributed by atoms with Gasteiger partial charge in [0.2, 0.25) is 0 Å². The molecule has 0 saturated carbocycles. The maximum atomic E-state index is 9.39. The topological polar surface area (TPSA) is 60.0 Å². The average Bonchev–Trinajstić information content (AvgIpc) is 2.43. The number of benzene rings is 1. The molecule has 1 aliphatic rings. The molecule has 0 bridgehead atoms. The monoisotopic (exact) mass is 281 g/mol. The highest BCUT2D eigenvalue weighted by molar-refractivity contribution is 5.51. The molecule has 1 aromatic rings. The highest BCUT2D eigenvalue weighted by atomic mass is 16.7. The van der Waals surface area contributed by atoms with Gasteiger partial charge < -0.3 is 24.6 Å². The van der Waals surface area contributed by atoms with Gasteiger partial charge in [-0.25, -0.2) is 0 Å². The van der Waals surface area contributed by atoms with Crippen molar-refractivity contribution in [3.05, 3.63) is 23.8 Å². The molecule has 0 radical (unpaired) electrons. The predicted molar refractivity (Wildman–Crippen MR) is 76.9 cm³/mol. The smallest absolute Gasteiger partial charge is 0.162 e. The quantitative estimate of drug-likeness (QED) is 0.866. The summed E-state index contributed by atoms with van der Waals surface area (Å²) in [6, 6.07) is 5.80. The largest absolute Gasteiger partial charge is 0.494 e. The molecular weight excluding hydrogens is 258 g/mol. The number of hydrogen-bond acceptors (Lipinski definition) is 5. The second-order valence-electron chi connectivity index (χ2n) is 5.28. The summed E-state index contributed by atoms with van der Waals surface area (Å²) in [6.07, 6.45) is 0. The summed E-state index contributed by atoms with van der Waals surface area (Å²) in [5.41, 5.74) is 1.70. The van der Waals surface area contributed by atoms with E-state index in [2.05, 4.69) is 5.32 Å². The van der Waals surface area contributed by atoms with E-state index in [0.29, 0.717) is 19.8 Å². The highest BCUT2D eigenvalue weighted by Crippen LogP contribution is 2.25. The summed E-state index contributed by atoms with van der Waals surface area (Å²) in [5, 5.41) is 12.7. The van der Waals surface area contributed by atoms with Gasteiger partial charge in [-0.3, -0.25) is 0 Å². The first-order chi connectivity index (χ1) is 9.54. The molecule has 1 heterocycles. The van der Waals surface area contributed by atoms with Crippen molar-refractivity contribution >= 4 is 5.69 Å². The van der Waals surface area contributed by atoms with Crippen molar-refractivity contribution in [3.8, 4) is 5.75 Å². The Kier molecular flexibility index (Phi) is 4.86. The molecule has 0 spiro atoms. The van der Waals surface area contributed by atoms with Crippen LogP contribution in [-0.2, 0) is 16.1 Å². The minimum atomic E-state index is -0.507. The van der Waals surface area contributed by atoms with Crippen LogP contribution in [0.5, 0.6) is 5.75 Å². The molecule has 0 aromatic heterocycles. The van der Waals surface area contributed by atoms with Crippen LogP contribution in [0.3, 0.4) is 0 Å². The van der Waals surface area contributed by atoms with Gasteiger partial charge in [0.1, 0.15) is 5.75 Å². The van der Waals surface area contributed by atoms with Crippen LogP contribution in [-0.4, -0.2) is 36.8 Å². The predicted octanol–water partition coefficient (Wildman–Crippen LogP) is 2.14. The molecule has 112 valence electrons. The number of aliphatic hydroxyl groups is 1. The number of rotatable bonds is 5. The van der Waals surface area contributed by atoms with E-state index in [1.165, 1.54) is 0 Å². The zero-order chi connectivity index (χ0) is 14.6. The fourth-order valence-electron chi connectivity index (χ4n) is 2.10. The zero-order valence-electron chi connectivity index (χ0n) is 12.3. The molecule has 0 atom stereocenters. The van der Waals surface area contributed by atoms with Crippen LogP contribution in [0.25, 0.3) is 0 Å². The van der Waals surface area contributed by atoms with E-state index in [1.807, 2.05) is 39.0 Å². The van der Waals surface area contributed by atoms with Gasteiger partial charge >= 0.3 is 0 Å². The first-order valence-corrected chi connectivity index (χ1v) is 6.95. The van der Waals surface area contributed by atoms with Gasteiger partial charge in [-0.1, -0.05) is 0 Å². The molecule has 2 rings (SSSR count). The van der Waals surface area contributed by atoms with Crippen molar-refractivity contribution in [1.82, 2.24) is 0 Å². The van der Waals surface area contributed by atoms with Crippen molar-refractivity contribution in [2.45, 2.75) is 39.2 Å². The number of ether oxygens (including phenoxy) is 3. The normalized spacial score (nSPS) is 18.8. The number of anilines is 1. The van der Waals surface area contributed by atoms with Crippen LogP contribution in [0.2, 0.25) is 0 Å². The Morgan fingerprint density at radius 3 is 2.65 bits per heavy atom. The van der Waals surface area contributed by atoms with Crippen LogP contribution in [0, 0.1) is 0 Å². The van der Waals surface area contributed by atoms with E-state index in [0.717, 1.165) is 17.0 Å². The Morgan fingerprint density at radius 1 is 1.35 bits per heavy atom. The van der Waals surface area contributed by atoms with Crippen molar-refractivity contribution in [2.75, 3.05) is 25.1 Å². The van der Waals surface area contributed by atoms with Crippen LogP contribution < -0.4 is 10.1 Å². The van der Waals surface area contributed by atoms with Gasteiger partial charge in [0, 0.05) is 11.3 Å². The second kappa shape index (κ2) is 6.43. The van der Waals surface area contributed by atoms with E-state index in [9.17, 15) is 5.11 Å². The maximum absolute atomic E-state index is 9.39. The maximum Gasteiger partial charge on any atom is 0.162 e. The van der Waals surface area contributed by atoms with E-state index >= 15 is 0 Å². The minimum Gasteiger partial charge on any atom is -0.494 e. The molecule has 1 saturated heterocycles. The number of hydrogen-bond donors (Lipinski definition) is 2.